The van der Waals surface area contributed by atoms with Crippen molar-refractivity contribution < 1.29 is 9.18 Å². The van der Waals surface area contributed by atoms with Crippen molar-refractivity contribution >= 4 is 35.0 Å². The highest BCUT2D eigenvalue weighted by Crippen LogP contribution is 2.24. The van der Waals surface area contributed by atoms with E-state index in [9.17, 15) is 9.18 Å². The van der Waals surface area contributed by atoms with E-state index >= 15 is 0 Å². The molecular weight excluding hydrogens is 377 g/mol. The molecule has 6 nitrogen and oxygen atoms in total. The minimum absolute atomic E-state index is 0.0464. The summed E-state index contributed by atoms with van der Waals surface area (Å²) in [6.45, 7) is 2.25. The fourth-order valence-corrected chi connectivity index (χ4v) is 3.13. The number of nitrogens with one attached hydrogen (secondary N) is 1. The molecule has 0 bridgehead atoms. The Balaban J connectivity index is 1.64. The Morgan fingerprint density at radius 3 is 2.81 bits per heavy atom. The first-order valence-electron chi connectivity index (χ1n) is 7.75. The van der Waals surface area contributed by atoms with Crippen LogP contribution in [0.4, 0.5) is 10.1 Å². The van der Waals surface area contributed by atoms with Crippen LogP contribution in [0.15, 0.2) is 53.7 Å². The molecule has 1 unspecified atom stereocenters. The van der Waals surface area contributed by atoms with E-state index in [1.165, 1.54) is 30.0 Å². The molecule has 1 amide bonds. The first kappa shape index (κ1) is 18.3. The van der Waals surface area contributed by atoms with E-state index < -0.39 is 11.1 Å². The van der Waals surface area contributed by atoms with Gasteiger partial charge in [0.2, 0.25) is 11.1 Å². The van der Waals surface area contributed by atoms with Gasteiger partial charge in [-0.25, -0.2) is 9.07 Å². The number of rotatable bonds is 6. The van der Waals surface area contributed by atoms with E-state index in [4.69, 9.17) is 11.6 Å². The summed E-state index contributed by atoms with van der Waals surface area (Å²) in [7, 11) is 0. The van der Waals surface area contributed by atoms with Crippen molar-refractivity contribution in [2.45, 2.75) is 23.9 Å². The third-order valence-corrected chi connectivity index (χ3v) is 4.87. The van der Waals surface area contributed by atoms with Crippen molar-refractivity contribution in [1.29, 1.82) is 0 Å². The van der Waals surface area contributed by atoms with Gasteiger partial charge < -0.3 is 5.32 Å². The molecule has 3 aromatic rings. The Hall–Kier alpha value is -2.45. The number of benzene rings is 2. The molecule has 1 N–H and O–H groups in total. The number of carbonyl (C=O) groups is 1. The minimum atomic E-state index is -0.535. The van der Waals surface area contributed by atoms with E-state index in [1.54, 1.807) is 11.6 Å². The average Bonchev–Trinajstić information content (AvgIpc) is 3.05. The fraction of sp³-hybridized carbons (Fsp3) is 0.176. The van der Waals surface area contributed by atoms with Crippen LogP contribution < -0.4 is 5.32 Å². The van der Waals surface area contributed by atoms with Gasteiger partial charge in [-0.3, -0.25) is 4.79 Å². The standard InChI is InChI=1S/C17H15ClFN5OS/c1-11(16(25)20-13-7-8-15(19)14(18)9-13)26-17-21-22-23-24(17)10-12-5-3-2-4-6-12/h2-9,11H,10H2,1H3,(H,20,25). The molecule has 0 aliphatic rings. The predicted molar refractivity (Wildman–Crippen MR) is 98.7 cm³/mol. The van der Waals surface area contributed by atoms with Gasteiger partial charge in [0.15, 0.2) is 0 Å². The molecule has 26 heavy (non-hydrogen) atoms. The molecule has 2 aromatic carbocycles. The van der Waals surface area contributed by atoms with Crippen LogP contribution in [0.5, 0.6) is 0 Å². The average molecular weight is 392 g/mol. The number of hydrogen-bond acceptors (Lipinski definition) is 5. The lowest BCUT2D eigenvalue weighted by Gasteiger charge is -2.12. The minimum Gasteiger partial charge on any atom is -0.325 e. The zero-order chi connectivity index (χ0) is 18.5. The van der Waals surface area contributed by atoms with Crippen molar-refractivity contribution in [3.05, 3.63) is 64.9 Å². The molecule has 0 fully saturated rings. The molecule has 0 spiro atoms. The number of anilines is 1. The lowest BCUT2D eigenvalue weighted by Crippen LogP contribution is -2.23. The number of nitrogens with zero attached hydrogens (tertiary/aromatic N) is 4. The summed E-state index contributed by atoms with van der Waals surface area (Å²) >= 11 is 6.97. The molecule has 1 aromatic heterocycles. The number of amides is 1. The SMILES string of the molecule is CC(Sc1nnnn1Cc1ccccc1)C(=O)Nc1ccc(F)c(Cl)c1. The predicted octanol–water partition coefficient (Wildman–Crippen LogP) is 3.63. The van der Waals surface area contributed by atoms with Gasteiger partial charge >= 0.3 is 0 Å². The normalized spacial score (nSPS) is 12.0. The maximum Gasteiger partial charge on any atom is 0.237 e. The highest BCUT2D eigenvalue weighted by Gasteiger charge is 2.19. The Kier molecular flexibility index (Phi) is 5.85. The molecule has 1 heterocycles. The van der Waals surface area contributed by atoms with Crippen molar-refractivity contribution in [2.24, 2.45) is 0 Å². The molecular formula is C17H15ClFN5OS. The van der Waals surface area contributed by atoms with Gasteiger partial charge in [-0.2, -0.15) is 0 Å². The van der Waals surface area contributed by atoms with Crippen LogP contribution in [0.2, 0.25) is 5.02 Å². The maximum absolute atomic E-state index is 13.2. The maximum atomic E-state index is 13.2. The summed E-state index contributed by atoms with van der Waals surface area (Å²) < 4.78 is 14.8. The van der Waals surface area contributed by atoms with Crippen molar-refractivity contribution in [2.75, 3.05) is 5.32 Å². The summed E-state index contributed by atoms with van der Waals surface area (Å²) in [4.78, 5) is 12.4. The van der Waals surface area contributed by atoms with Crippen LogP contribution in [0.25, 0.3) is 0 Å². The zero-order valence-electron chi connectivity index (χ0n) is 13.8. The zero-order valence-corrected chi connectivity index (χ0v) is 15.3. The Bertz CT molecular complexity index is 905. The van der Waals surface area contributed by atoms with Crippen molar-refractivity contribution in [3.8, 4) is 0 Å². The van der Waals surface area contributed by atoms with E-state index in [-0.39, 0.29) is 10.9 Å². The molecule has 0 radical (unpaired) electrons. The van der Waals surface area contributed by atoms with E-state index in [2.05, 4.69) is 20.8 Å². The van der Waals surface area contributed by atoms with Gasteiger partial charge in [0.25, 0.3) is 0 Å². The van der Waals surface area contributed by atoms with Crippen LogP contribution in [0.3, 0.4) is 0 Å². The lowest BCUT2D eigenvalue weighted by molar-refractivity contribution is -0.115. The largest absolute Gasteiger partial charge is 0.325 e. The highest BCUT2D eigenvalue weighted by molar-refractivity contribution is 8.00. The molecule has 0 aliphatic heterocycles. The van der Waals surface area contributed by atoms with Crippen molar-refractivity contribution in [3.63, 3.8) is 0 Å². The van der Waals surface area contributed by atoms with Gasteiger partial charge in [-0.15, -0.1) is 5.10 Å². The van der Waals surface area contributed by atoms with Gasteiger partial charge in [-0.1, -0.05) is 53.7 Å². The third kappa shape index (κ3) is 4.59. The number of carbonyl (C=O) groups excluding carboxylic acids is 1. The fourth-order valence-electron chi connectivity index (χ4n) is 2.17. The highest BCUT2D eigenvalue weighted by atomic mass is 35.5. The van der Waals surface area contributed by atoms with Crippen LogP contribution in [0, 0.1) is 5.82 Å². The van der Waals surface area contributed by atoms with Gasteiger partial charge in [-0.05, 0) is 41.1 Å². The van der Waals surface area contributed by atoms with E-state index in [0.29, 0.717) is 17.4 Å². The second-order valence-electron chi connectivity index (χ2n) is 5.48. The summed E-state index contributed by atoms with van der Waals surface area (Å²) in [6, 6.07) is 13.8. The molecule has 0 saturated carbocycles. The number of tetrazole rings is 1. The summed E-state index contributed by atoms with van der Waals surface area (Å²) in [5.74, 6) is -0.792. The molecule has 1 atom stereocenters. The Morgan fingerprint density at radius 2 is 2.08 bits per heavy atom. The van der Waals surface area contributed by atoms with Gasteiger partial charge in [0, 0.05) is 5.69 Å². The van der Waals surface area contributed by atoms with Gasteiger partial charge in [0.1, 0.15) is 5.82 Å². The van der Waals surface area contributed by atoms with Crippen LogP contribution in [-0.4, -0.2) is 31.4 Å². The first-order valence-corrected chi connectivity index (χ1v) is 9.01. The monoisotopic (exact) mass is 391 g/mol. The van der Waals surface area contributed by atoms with Crippen LogP contribution >= 0.6 is 23.4 Å². The summed E-state index contributed by atoms with van der Waals surface area (Å²) in [6.07, 6.45) is 0. The Morgan fingerprint density at radius 1 is 1.31 bits per heavy atom. The first-order chi connectivity index (χ1) is 12.5. The number of hydrogen-bond donors (Lipinski definition) is 1. The molecule has 9 heteroatoms. The molecule has 0 aliphatic carbocycles. The lowest BCUT2D eigenvalue weighted by atomic mass is 10.2. The smallest absolute Gasteiger partial charge is 0.237 e. The van der Waals surface area contributed by atoms with E-state index in [1.807, 2.05) is 30.3 Å². The molecule has 0 saturated heterocycles. The quantitative estimate of drug-likeness (QED) is 0.649. The molecule has 3 rings (SSSR count). The van der Waals surface area contributed by atoms with Crippen LogP contribution in [-0.2, 0) is 11.3 Å². The van der Waals surface area contributed by atoms with Crippen LogP contribution in [0.1, 0.15) is 12.5 Å². The van der Waals surface area contributed by atoms with E-state index in [0.717, 1.165) is 5.56 Å². The Labute approximate surface area is 158 Å². The number of halogens is 2. The van der Waals surface area contributed by atoms with Gasteiger partial charge in [0.05, 0.1) is 16.8 Å². The number of aromatic nitrogens is 4. The number of thioether (sulfide) groups is 1. The second kappa shape index (κ2) is 8.29. The molecule has 134 valence electrons. The third-order valence-electron chi connectivity index (χ3n) is 3.51. The topological polar surface area (TPSA) is 72.7 Å². The summed E-state index contributed by atoms with van der Waals surface area (Å²) in [5, 5.41) is 14.4. The summed E-state index contributed by atoms with van der Waals surface area (Å²) in [5.41, 5.74) is 1.48. The second-order valence-corrected chi connectivity index (χ2v) is 7.20. The van der Waals surface area contributed by atoms with Crippen molar-refractivity contribution in [1.82, 2.24) is 20.2 Å².